The molecule has 6 heteroatoms. The molecule has 0 atom stereocenters. The fourth-order valence-corrected chi connectivity index (χ4v) is 4.49. The Labute approximate surface area is 163 Å². The van der Waals surface area contributed by atoms with Crippen molar-refractivity contribution in [3.8, 4) is 11.3 Å². The van der Waals surface area contributed by atoms with Gasteiger partial charge in [-0.15, -0.1) is 0 Å². The molecule has 1 aromatic carbocycles. The fraction of sp³-hybridized carbons (Fsp3) is 0.318. The number of fused-ring (bicyclic) bond motifs is 1. The van der Waals surface area contributed by atoms with E-state index in [1.807, 2.05) is 59.1 Å². The molecular weight excluding hydrogens is 352 g/mol. The molecule has 28 heavy (non-hydrogen) atoms. The molecule has 3 aromatic rings. The summed E-state index contributed by atoms with van der Waals surface area (Å²) in [4.78, 5) is 32.1. The first-order chi connectivity index (χ1) is 13.7. The molecule has 0 unspecified atom stereocenters. The lowest BCUT2D eigenvalue weighted by Crippen LogP contribution is -2.48. The van der Waals surface area contributed by atoms with Crippen LogP contribution in [0.15, 0.2) is 54.7 Å². The Balaban J connectivity index is 1.56. The Morgan fingerprint density at radius 1 is 0.964 bits per heavy atom. The number of hydrogen-bond donors (Lipinski definition) is 1. The molecule has 1 N–H and O–H groups in total. The van der Waals surface area contributed by atoms with Crippen LogP contribution in [-0.2, 0) is 11.3 Å². The highest BCUT2D eigenvalue weighted by atomic mass is 16.2. The van der Waals surface area contributed by atoms with Crippen molar-refractivity contribution < 1.29 is 9.59 Å². The lowest BCUT2D eigenvalue weighted by atomic mass is 9.82. The molecule has 2 aliphatic rings. The molecular formula is C22H22N4O2. The summed E-state index contributed by atoms with van der Waals surface area (Å²) in [6.45, 7) is 0.210. The summed E-state index contributed by atoms with van der Waals surface area (Å²) in [6, 6.07) is 15.4. The van der Waals surface area contributed by atoms with Crippen LogP contribution >= 0.6 is 0 Å². The Bertz CT molecular complexity index is 1050. The fourth-order valence-electron chi connectivity index (χ4n) is 4.49. The van der Waals surface area contributed by atoms with Crippen molar-refractivity contribution in [2.75, 3.05) is 0 Å². The molecule has 1 saturated carbocycles. The van der Waals surface area contributed by atoms with E-state index in [1.54, 1.807) is 0 Å². The highest BCUT2D eigenvalue weighted by Gasteiger charge is 2.51. The zero-order valence-corrected chi connectivity index (χ0v) is 15.6. The predicted molar refractivity (Wildman–Crippen MR) is 106 cm³/mol. The Hall–Kier alpha value is -3.15. The maximum atomic E-state index is 13.2. The van der Waals surface area contributed by atoms with Crippen LogP contribution in [0.2, 0.25) is 0 Å². The summed E-state index contributed by atoms with van der Waals surface area (Å²) in [7, 11) is 0. The number of amides is 3. The molecule has 1 aliphatic heterocycles. The molecule has 1 saturated heterocycles. The minimum Gasteiger partial charge on any atom is -0.323 e. The van der Waals surface area contributed by atoms with E-state index in [-0.39, 0.29) is 18.5 Å². The average Bonchev–Trinajstić information content (AvgIpc) is 3.20. The van der Waals surface area contributed by atoms with Crippen molar-refractivity contribution in [3.05, 3.63) is 60.4 Å². The topological polar surface area (TPSA) is 66.7 Å². The second-order valence-corrected chi connectivity index (χ2v) is 7.67. The van der Waals surface area contributed by atoms with E-state index in [9.17, 15) is 9.59 Å². The molecule has 2 fully saturated rings. The van der Waals surface area contributed by atoms with Crippen molar-refractivity contribution >= 4 is 17.6 Å². The lowest BCUT2D eigenvalue weighted by Gasteiger charge is -2.30. The van der Waals surface area contributed by atoms with Crippen LogP contribution in [0.25, 0.3) is 16.9 Å². The molecule has 142 valence electrons. The van der Waals surface area contributed by atoms with Crippen LogP contribution in [0.5, 0.6) is 0 Å². The number of carbonyl (C=O) groups is 2. The minimum absolute atomic E-state index is 0.0953. The number of aromatic nitrogens is 2. The molecule has 2 aromatic heterocycles. The summed E-state index contributed by atoms with van der Waals surface area (Å²) in [5.41, 5.74) is 2.72. The smallest absolute Gasteiger partial charge is 0.323 e. The number of pyridine rings is 1. The minimum atomic E-state index is -0.706. The molecule has 5 rings (SSSR count). The van der Waals surface area contributed by atoms with Crippen molar-refractivity contribution in [3.63, 3.8) is 0 Å². The first-order valence-corrected chi connectivity index (χ1v) is 9.83. The molecule has 3 amide bonds. The van der Waals surface area contributed by atoms with Gasteiger partial charge in [-0.25, -0.2) is 9.78 Å². The monoisotopic (exact) mass is 374 g/mol. The maximum Gasteiger partial charge on any atom is 0.325 e. The number of rotatable bonds is 3. The van der Waals surface area contributed by atoms with Crippen molar-refractivity contribution in [2.45, 2.75) is 44.2 Å². The third kappa shape index (κ3) is 2.59. The van der Waals surface area contributed by atoms with Crippen LogP contribution in [0.3, 0.4) is 0 Å². The van der Waals surface area contributed by atoms with Gasteiger partial charge < -0.3 is 9.72 Å². The van der Waals surface area contributed by atoms with Crippen LogP contribution in [0, 0.1) is 0 Å². The van der Waals surface area contributed by atoms with Gasteiger partial charge in [0.15, 0.2) is 0 Å². The Morgan fingerprint density at radius 2 is 1.71 bits per heavy atom. The molecule has 0 bridgehead atoms. The van der Waals surface area contributed by atoms with E-state index in [0.29, 0.717) is 0 Å². The van der Waals surface area contributed by atoms with Gasteiger partial charge in [-0.3, -0.25) is 9.69 Å². The van der Waals surface area contributed by atoms with Crippen molar-refractivity contribution in [2.24, 2.45) is 0 Å². The van der Waals surface area contributed by atoms with E-state index >= 15 is 0 Å². The SMILES string of the molecule is O=C1NC2(CCCCC2)C(=O)N1Cc1c(-c2ccccc2)nc2ccccn12. The van der Waals surface area contributed by atoms with Gasteiger partial charge in [-0.2, -0.15) is 0 Å². The molecule has 1 spiro atoms. The van der Waals surface area contributed by atoms with Gasteiger partial charge in [-0.1, -0.05) is 55.7 Å². The number of imidazole rings is 1. The zero-order chi connectivity index (χ0) is 19.1. The van der Waals surface area contributed by atoms with Crippen molar-refractivity contribution in [1.82, 2.24) is 19.6 Å². The van der Waals surface area contributed by atoms with Crippen molar-refractivity contribution in [1.29, 1.82) is 0 Å². The summed E-state index contributed by atoms with van der Waals surface area (Å²) in [5.74, 6) is -0.0953. The second-order valence-electron chi connectivity index (χ2n) is 7.67. The van der Waals surface area contributed by atoms with Gasteiger partial charge in [0.25, 0.3) is 5.91 Å². The normalized spacial score (nSPS) is 18.8. The van der Waals surface area contributed by atoms with E-state index < -0.39 is 5.54 Å². The third-order valence-corrected chi connectivity index (χ3v) is 5.94. The molecule has 1 aliphatic carbocycles. The van der Waals surface area contributed by atoms with E-state index in [1.165, 1.54) is 4.90 Å². The zero-order valence-electron chi connectivity index (χ0n) is 15.6. The summed E-state index contributed by atoms with van der Waals surface area (Å²) >= 11 is 0. The highest BCUT2D eigenvalue weighted by Crippen LogP contribution is 2.35. The summed E-state index contributed by atoms with van der Waals surface area (Å²) in [5, 5.41) is 3.00. The summed E-state index contributed by atoms with van der Waals surface area (Å²) < 4.78 is 1.97. The van der Waals surface area contributed by atoms with Gasteiger partial charge in [0, 0.05) is 11.8 Å². The van der Waals surface area contributed by atoms with Gasteiger partial charge in [-0.05, 0) is 25.0 Å². The molecule has 0 radical (unpaired) electrons. The van der Waals surface area contributed by atoms with Gasteiger partial charge in [0.05, 0.1) is 17.9 Å². The maximum absolute atomic E-state index is 13.2. The van der Waals surface area contributed by atoms with Crippen LogP contribution in [0.4, 0.5) is 4.79 Å². The van der Waals surface area contributed by atoms with Crippen LogP contribution in [-0.4, -0.2) is 31.8 Å². The number of benzene rings is 1. The lowest BCUT2D eigenvalue weighted by molar-refractivity contribution is -0.132. The van der Waals surface area contributed by atoms with E-state index in [4.69, 9.17) is 4.98 Å². The number of nitrogens with one attached hydrogen (secondary N) is 1. The van der Waals surface area contributed by atoms with Gasteiger partial charge >= 0.3 is 6.03 Å². The molecule has 3 heterocycles. The number of urea groups is 1. The first-order valence-electron chi connectivity index (χ1n) is 9.83. The molecule has 6 nitrogen and oxygen atoms in total. The summed E-state index contributed by atoms with van der Waals surface area (Å²) in [6.07, 6.45) is 6.46. The first kappa shape index (κ1) is 17.0. The van der Waals surface area contributed by atoms with Gasteiger partial charge in [0.1, 0.15) is 11.2 Å². The van der Waals surface area contributed by atoms with E-state index in [2.05, 4.69) is 5.32 Å². The van der Waals surface area contributed by atoms with E-state index in [0.717, 1.165) is 54.7 Å². The average molecular weight is 374 g/mol. The Kier molecular flexibility index (Phi) is 3.93. The largest absolute Gasteiger partial charge is 0.325 e. The number of carbonyl (C=O) groups excluding carboxylic acids is 2. The number of nitrogens with zero attached hydrogens (tertiary/aromatic N) is 3. The highest BCUT2D eigenvalue weighted by molar-refractivity contribution is 6.07. The standard InChI is InChI=1S/C22H22N4O2/c27-20-22(12-6-2-7-13-22)24-21(28)26(20)15-17-19(16-9-3-1-4-10-16)23-18-11-5-8-14-25(17)18/h1,3-5,8-11,14H,2,6-7,12-13,15H2,(H,24,28). The predicted octanol–water partition coefficient (Wildman–Crippen LogP) is 3.76. The number of hydrogen-bond acceptors (Lipinski definition) is 3. The second kappa shape index (κ2) is 6.48. The Morgan fingerprint density at radius 3 is 2.50 bits per heavy atom. The van der Waals surface area contributed by atoms with Crippen LogP contribution < -0.4 is 5.32 Å². The quantitative estimate of drug-likeness (QED) is 0.710. The number of imide groups is 1. The van der Waals surface area contributed by atoms with Crippen LogP contribution in [0.1, 0.15) is 37.8 Å². The van der Waals surface area contributed by atoms with Gasteiger partial charge in [0.2, 0.25) is 0 Å². The third-order valence-electron chi connectivity index (χ3n) is 5.94.